The molecule has 0 spiro atoms. The summed E-state index contributed by atoms with van der Waals surface area (Å²) in [6.07, 6.45) is 0. The monoisotopic (exact) mass is 484 g/mol. The van der Waals surface area contributed by atoms with Crippen molar-refractivity contribution in [3.05, 3.63) is 88.3 Å². The summed E-state index contributed by atoms with van der Waals surface area (Å²) in [5.74, 6) is 0.132. The van der Waals surface area contributed by atoms with E-state index < -0.39 is 17.1 Å². The third-order valence-electron chi connectivity index (χ3n) is 5.58. The van der Waals surface area contributed by atoms with E-state index in [1.165, 1.54) is 12.1 Å². The number of aryl methyl sites for hydroxylation is 1. The van der Waals surface area contributed by atoms with E-state index in [9.17, 15) is 19.8 Å². The number of imidazole rings is 1. The van der Waals surface area contributed by atoms with E-state index in [2.05, 4.69) is 9.97 Å². The average Bonchev–Trinajstić information content (AvgIpc) is 3.54. The molecule has 0 saturated carbocycles. The minimum absolute atomic E-state index is 0.0698. The van der Waals surface area contributed by atoms with Gasteiger partial charge in [0.25, 0.3) is 0 Å². The molecule has 9 heteroatoms. The van der Waals surface area contributed by atoms with Gasteiger partial charge in [-0.3, -0.25) is 4.79 Å². The number of hydrogen-bond acceptors (Lipinski definition) is 7. The van der Waals surface area contributed by atoms with Crippen LogP contribution < -0.4 is 10.2 Å². The molecule has 0 aliphatic rings. The lowest BCUT2D eigenvalue weighted by Crippen LogP contribution is -2.01. The second-order valence-electron chi connectivity index (χ2n) is 7.95. The zero-order valence-corrected chi connectivity index (χ0v) is 19.2. The van der Waals surface area contributed by atoms with Crippen LogP contribution in [0.4, 0.5) is 0 Å². The molecule has 5 rings (SSSR count). The number of carboxylic acid groups (broad SMARTS) is 1. The van der Waals surface area contributed by atoms with Gasteiger partial charge in [-0.1, -0.05) is 30.3 Å². The number of carboxylic acids is 1. The van der Waals surface area contributed by atoms with Crippen LogP contribution in [0.1, 0.15) is 16.1 Å². The second kappa shape index (κ2) is 8.95. The summed E-state index contributed by atoms with van der Waals surface area (Å²) in [5, 5.41) is 20.0. The number of nitrogens with zero attached hydrogens (tertiary/aromatic N) is 1. The number of hydrogen-bond donors (Lipinski definition) is 3. The summed E-state index contributed by atoms with van der Waals surface area (Å²) < 4.78 is 17.0. The van der Waals surface area contributed by atoms with Crippen LogP contribution in [0, 0.1) is 6.92 Å². The summed E-state index contributed by atoms with van der Waals surface area (Å²) in [5.41, 5.74) is 1.21. The molecule has 2 aromatic carbocycles. The number of nitrogens with one attached hydrogen (secondary N) is 1. The molecular formula is C27H20N2O7. The smallest absolute Gasteiger partial charge is 0.336 e. The normalized spacial score (nSPS) is 10.9. The molecular weight excluding hydrogens is 464 g/mol. The minimum atomic E-state index is -1.07. The first-order chi connectivity index (χ1) is 17.4. The Hall–Kier alpha value is -5.05. The van der Waals surface area contributed by atoms with Crippen molar-refractivity contribution in [1.82, 2.24) is 9.97 Å². The molecule has 0 amide bonds. The van der Waals surface area contributed by atoms with Gasteiger partial charge in [0.1, 0.15) is 28.7 Å². The van der Waals surface area contributed by atoms with Crippen LogP contribution in [0.15, 0.2) is 80.4 Å². The lowest BCUT2D eigenvalue weighted by molar-refractivity contribution is 0.0697. The summed E-state index contributed by atoms with van der Waals surface area (Å²) in [6.45, 7) is 1.60. The van der Waals surface area contributed by atoms with Gasteiger partial charge >= 0.3 is 5.97 Å². The summed E-state index contributed by atoms with van der Waals surface area (Å²) in [7, 11) is 1.54. The fraction of sp³-hybridized carbons (Fsp3) is 0.0741. The predicted octanol–water partition coefficient (Wildman–Crippen LogP) is 5.34. The fourth-order valence-corrected chi connectivity index (χ4v) is 3.90. The Morgan fingerprint density at radius 3 is 2.56 bits per heavy atom. The number of aromatic nitrogens is 2. The van der Waals surface area contributed by atoms with Crippen molar-refractivity contribution >= 4 is 5.97 Å². The number of benzene rings is 2. The Kier molecular flexibility index (Phi) is 5.65. The van der Waals surface area contributed by atoms with Gasteiger partial charge in [-0.15, -0.1) is 0 Å². The lowest BCUT2D eigenvalue weighted by Gasteiger charge is -2.06. The van der Waals surface area contributed by atoms with Crippen molar-refractivity contribution in [2.75, 3.05) is 7.11 Å². The Morgan fingerprint density at radius 2 is 1.78 bits per heavy atom. The third-order valence-corrected chi connectivity index (χ3v) is 5.58. The van der Waals surface area contributed by atoms with E-state index in [1.54, 1.807) is 68.6 Å². The Bertz CT molecular complexity index is 1660. The first-order valence-electron chi connectivity index (χ1n) is 10.9. The van der Waals surface area contributed by atoms with Crippen LogP contribution in [0.3, 0.4) is 0 Å². The average molecular weight is 484 g/mol. The van der Waals surface area contributed by atoms with E-state index in [-0.39, 0.29) is 22.8 Å². The Balaban J connectivity index is 1.69. The van der Waals surface area contributed by atoms with E-state index in [0.29, 0.717) is 39.9 Å². The SMILES string of the molecule is COc1cccc(-c2nc(-c3ccc(-c4ccccc4C(=O)O)o3)[nH]c2-c2oc(C)cc(=O)c2O)c1. The number of aromatic hydroxyl groups is 1. The standard InChI is InChI=1S/C27H20N2O7/c1-14-12-19(30)24(31)25(35-14)23-22(15-6-5-7-16(13-15)34-2)28-26(29-23)21-11-10-20(36-21)17-8-3-4-9-18(17)27(32)33/h3-13,31H,1-2H3,(H,28,29)(H,32,33). The second-order valence-corrected chi connectivity index (χ2v) is 7.95. The number of carbonyl (C=O) groups is 1. The topological polar surface area (TPSA) is 139 Å². The highest BCUT2D eigenvalue weighted by atomic mass is 16.5. The van der Waals surface area contributed by atoms with Crippen LogP contribution in [-0.2, 0) is 0 Å². The van der Waals surface area contributed by atoms with E-state index in [4.69, 9.17) is 13.6 Å². The number of furan rings is 1. The molecule has 0 aliphatic heterocycles. The summed E-state index contributed by atoms with van der Waals surface area (Å²) in [4.78, 5) is 31.7. The van der Waals surface area contributed by atoms with Gasteiger partial charge in [0.15, 0.2) is 17.3 Å². The maximum Gasteiger partial charge on any atom is 0.336 e. The van der Waals surface area contributed by atoms with Crippen LogP contribution >= 0.6 is 0 Å². The van der Waals surface area contributed by atoms with Crippen molar-refractivity contribution in [2.24, 2.45) is 0 Å². The molecule has 0 saturated heterocycles. The first kappa shape index (κ1) is 22.7. The predicted molar refractivity (Wildman–Crippen MR) is 131 cm³/mol. The zero-order chi connectivity index (χ0) is 25.4. The molecule has 180 valence electrons. The molecule has 0 unspecified atom stereocenters. The zero-order valence-electron chi connectivity index (χ0n) is 19.2. The molecule has 0 fully saturated rings. The molecule has 0 atom stereocenters. The highest BCUT2D eigenvalue weighted by Crippen LogP contribution is 2.38. The fourth-order valence-electron chi connectivity index (χ4n) is 3.90. The number of ether oxygens (including phenoxy) is 1. The van der Waals surface area contributed by atoms with E-state index in [0.717, 1.165) is 0 Å². The molecule has 5 aromatic rings. The quantitative estimate of drug-likeness (QED) is 0.293. The molecule has 0 aliphatic carbocycles. The molecule has 3 N–H and O–H groups in total. The molecule has 3 aromatic heterocycles. The number of methoxy groups -OCH3 is 1. The van der Waals surface area contributed by atoms with Gasteiger partial charge < -0.3 is 28.8 Å². The molecule has 3 heterocycles. The number of aromatic amines is 1. The van der Waals surface area contributed by atoms with Crippen LogP contribution in [0.5, 0.6) is 11.5 Å². The maximum atomic E-state index is 12.3. The van der Waals surface area contributed by atoms with Crippen LogP contribution in [-0.4, -0.2) is 33.3 Å². The van der Waals surface area contributed by atoms with Crippen molar-refractivity contribution < 1.29 is 28.6 Å². The van der Waals surface area contributed by atoms with Crippen molar-refractivity contribution in [3.8, 4) is 57.1 Å². The van der Waals surface area contributed by atoms with Gasteiger partial charge in [-0.25, -0.2) is 9.78 Å². The summed E-state index contributed by atoms with van der Waals surface area (Å²) >= 11 is 0. The first-order valence-corrected chi connectivity index (χ1v) is 10.9. The van der Waals surface area contributed by atoms with E-state index in [1.807, 2.05) is 0 Å². The van der Waals surface area contributed by atoms with Crippen LogP contribution in [0.25, 0.3) is 45.6 Å². The van der Waals surface area contributed by atoms with Gasteiger partial charge in [0, 0.05) is 17.2 Å². The number of H-pyrrole nitrogens is 1. The summed E-state index contributed by atoms with van der Waals surface area (Å²) in [6, 6.07) is 18.1. The van der Waals surface area contributed by atoms with E-state index >= 15 is 0 Å². The van der Waals surface area contributed by atoms with Gasteiger partial charge in [-0.05, 0) is 37.3 Å². The molecule has 0 radical (unpaired) electrons. The number of rotatable bonds is 6. The largest absolute Gasteiger partial charge is 0.501 e. The number of aromatic carboxylic acids is 1. The van der Waals surface area contributed by atoms with Crippen molar-refractivity contribution in [2.45, 2.75) is 6.92 Å². The molecule has 9 nitrogen and oxygen atoms in total. The maximum absolute atomic E-state index is 12.3. The van der Waals surface area contributed by atoms with Crippen LogP contribution in [0.2, 0.25) is 0 Å². The minimum Gasteiger partial charge on any atom is -0.501 e. The van der Waals surface area contributed by atoms with Gasteiger partial charge in [-0.2, -0.15) is 0 Å². The Labute approximate surface area is 204 Å². The molecule has 0 bridgehead atoms. The van der Waals surface area contributed by atoms with Crippen molar-refractivity contribution in [1.29, 1.82) is 0 Å². The highest BCUT2D eigenvalue weighted by Gasteiger charge is 2.24. The van der Waals surface area contributed by atoms with Crippen molar-refractivity contribution in [3.63, 3.8) is 0 Å². The Morgan fingerprint density at radius 1 is 1.00 bits per heavy atom. The molecule has 36 heavy (non-hydrogen) atoms. The third kappa shape index (κ3) is 4.03. The van der Waals surface area contributed by atoms with Gasteiger partial charge in [0.05, 0.1) is 12.7 Å². The lowest BCUT2D eigenvalue weighted by atomic mass is 10.1. The van der Waals surface area contributed by atoms with Gasteiger partial charge in [0.2, 0.25) is 11.2 Å². The highest BCUT2D eigenvalue weighted by molar-refractivity contribution is 5.95.